The highest BCUT2D eigenvalue weighted by Crippen LogP contribution is 2.29. The molecule has 0 spiro atoms. The van der Waals surface area contributed by atoms with E-state index in [1.165, 1.54) is 24.0 Å². The Labute approximate surface area is 174 Å². The first-order valence-electron chi connectivity index (χ1n) is 10.8. The zero-order chi connectivity index (χ0) is 21.9. The molecular formula is C25H43N3. The minimum atomic E-state index is 0.185. The molecule has 0 aromatic rings. The molecule has 0 saturated heterocycles. The first-order valence-corrected chi connectivity index (χ1v) is 10.8. The largest absolute Gasteiger partial charge is 0.401 e. The SMILES string of the molecule is C=CN(C)C(/C(C#N)=C(/N)C(C)CC)=C(\C)CCCC(CC)/C(C)=C(\C)CC. The van der Waals surface area contributed by atoms with E-state index >= 15 is 0 Å². The van der Waals surface area contributed by atoms with E-state index in [9.17, 15) is 5.26 Å². The molecule has 158 valence electrons. The van der Waals surface area contributed by atoms with Gasteiger partial charge in [0.25, 0.3) is 0 Å². The maximum absolute atomic E-state index is 9.83. The van der Waals surface area contributed by atoms with E-state index in [4.69, 9.17) is 5.73 Å². The molecule has 3 nitrogen and oxygen atoms in total. The number of likely N-dealkylation sites (N-methyl/N-ethyl adjacent to an activating group) is 1. The molecule has 0 bridgehead atoms. The molecule has 28 heavy (non-hydrogen) atoms. The summed E-state index contributed by atoms with van der Waals surface area (Å²) < 4.78 is 0. The highest BCUT2D eigenvalue weighted by Gasteiger charge is 2.19. The van der Waals surface area contributed by atoms with Crippen molar-refractivity contribution in [3.8, 4) is 6.07 Å². The summed E-state index contributed by atoms with van der Waals surface area (Å²) in [6.45, 7) is 19.2. The molecule has 0 fully saturated rings. The number of nitrogens with zero attached hydrogens (tertiary/aromatic N) is 2. The maximum Gasteiger partial charge on any atom is 0.103 e. The molecule has 0 saturated carbocycles. The van der Waals surface area contributed by atoms with Gasteiger partial charge in [0.2, 0.25) is 0 Å². The minimum Gasteiger partial charge on any atom is -0.401 e. The summed E-state index contributed by atoms with van der Waals surface area (Å²) in [5.41, 5.74) is 12.8. The van der Waals surface area contributed by atoms with E-state index in [0.717, 1.165) is 31.4 Å². The number of hydrogen-bond acceptors (Lipinski definition) is 3. The van der Waals surface area contributed by atoms with Crippen LogP contribution < -0.4 is 5.73 Å². The Morgan fingerprint density at radius 1 is 1.14 bits per heavy atom. The first kappa shape index (κ1) is 26.1. The number of allylic oxidation sites excluding steroid dienone is 5. The average molecular weight is 386 g/mol. The van der Waals surface area contributed by atoms with E-state index in [2.05, 4.69) is 61.1 Å². The Morgan fingerprint density at radius 3 is 2.18 bits per heavy atom. The maximum atomic E-state index is 9.83. The Balaban J connectivity index is 5.68. The van der Waals surface area contributed by atoms with Crippen molar-refractivity contribution < 1.29 is 0 Å². The fourth-order valence-corrected chi connectivity index (χ4v) is 3.59. The minimum absolute atomic E-state index is 0.185. The summed E-state index contributed by atoms with van der Waals surface area (Å²) in [6.07, 6.45) is 8.22. The number of nitriles is 1. The molecule has 0 aliphatic rings. The van der Waals surface area contributed by atoms with E-state index in [0.29, 0.717) is 17.2 Å². The van der Waals surface area contributed by atoms with Crippen LogP contribution in [-0.2, 0) is 0 Å². The van der Waals surface area contributed by atoms with E-state index in [-0.39, 0.29) is 5.92 Å². The van der Waals surface area contributed by atoms with Crippen molar-refractivity contribution in [2.24, 2.45) is 17.6 Å². The lowest BCUT2D eigenvalue weighted by molar-refractivity contribution is 0.506. The Bertz CT molecular complexity index is 643. The summed E-state index contributed by atoms with van der Waals surface area (Å²) in [5.74, 6) is 0.828. The van der Waals surface area contributed by atoms with Gasteiger partial charge in [-0.2, -0.15) is 5.26 Å². The van der Waals surface area contributed by atoms with Crippen LogP contribution in [0, 0.1) is 23.2 Å². The molecule has 2 N–H and O–H groups in total. The molecule has 0 amide bonds. The van der Waals surface area contributed by atoms with Crippen molar-refractivity contribution in [2.75, 3.05) is 7.05 Å². The zero-order valence-corrected chi connectivity index (χ0v) is 19.7. The fraction of sp³-hybridized carbons (Fsp3) is 0.640. The van der Waals surface area contributed by atoms with E-state index in [1.807, 2.05) is 11.9 Å². The third-order valence-electron chi connectivity index (χ3n) is 6.22. The van der Waals surface area contributed by atoms with Gasteiger partial charge in [-0.25, -0.2) is 0 Å². The van der Waals surface area contributed by atoms with Crippen LogP contribution in [0.2, 0.25) is 0 Å². The zero-order valence-electron chi connectivity index (χ0n) is 19.7. The van der Waals surface area contributed by atoms with Crippen LogP contribution in [0.3, 0.4) is 0 Å². The number of nitrogens with two attached hydrogens (primary N) is 1. The van der Waals surface area contributed by atoms with Crippen LogP contribution in [0.1, 0.15) is 87.0 Å². The Hall–Kier alpha value is -1.95. The lowest BCUT2D eigenvalue weighted by Crippen LogP contribution is -2.19. The summed E-state index contributed by atoms with van der Waals surface area (Å²) in [7, 11) is 1.94. The van der Waals surface area contributed by atoms with Crippen LogP contribution in [0.5, 0.6) is 0 Å². The van der Waals surface area contributed by atoms with Crippen molar-refractivity contribution in [1.82, 2.24) is 4.90 Å². The molecular weight excluding hydrogens is 342 g/mol. The molecule has 0 aromatic heterocycles. The third-order valence-corrected chi connectivity index (χ3v) is 6.22. The molecule has 2 atom stereocenters. The first-order chi connectivity index (χ1) is 13.2. The topological polar surface area (TPSA) is 53.0 Å². The Morgan fingerprint density at radius 2 is 1.75 bits per heavy atom. The summed E-state index contributed by atoms with van der Waals surface area (Å²) >= 11 is 0. The van der Waals surface area contributed by atoms with E-state index in [1.54, 1.807) is 11.8 Å². The highest BCUT2D eigenvalue weighted by molar-refractivity contribution is 5.47. The highest BCUT2D eigenvalue weighted by atomic mass is 15.1. The second-order valence-corrected chi connectivity index (χ2v) is 7.99. The van der Waals surface area contributed by atoms with Crippen molar-refractivity contribution in [2.45, 2.75) is 87.0 Å². The molecule has 0 aliphatic carbocycles. The van der Waals surface area contributed by atoms with Crippen molar-refractivity contribution in [3.63, 3.8) is 0 Å². The van der Waals surface area contributed by atoms with Gasteiger partial charge in [0, 0.05) is 12.7 Å². The van der Waals surface area contributed by atoms with Gasteiger partial charge >= 0.3 is 0 Å². The number of rotatable bonds is 12. The second-order valence-electron chi connectivity index (χ2n) is 7.99. The van der Waals surface area contributed by atoms with Gasteiger partial charge in [-0.3, -0.25) is 0 Å². The molecule has 0 heterocycles. The average Bonchev–Trinajstić information content (AvgIpc) is 2.71. The van der Waals surface area contributed by atoms with Crippen molar-refractivity contribution >= 4 is 0 Å². The van der Waals surface area contributed by atoms with Gasteiger partial charge in [0.05, 0.1) is 11.3 Å². The quantitative estimate of drug-likeness (QED) is 0.222. The van der Waals surface area contributed by atoms with Gasteiger partial charge in [0.1, 0.15) is 6.07 Å². The summed E-state index contributed by atoms with van der Waals surface area (Å²) in [4.78, 5) is 1.94. The Kier molecular flexibility index (Phi) is 12.3. The molecule has 2 unspecified atom stereocenters. The van der Waals surface area contributed by atoms with Crippen molar-refractivity contribution in [1.29, 1.82) is 5.26 Å². The smallest absolute Gasteiger partial charge is 0.103 e. The normalized spacial score (nSPS) is 16.2. The predicted octanol–water partition coefficient (Wildman–Crippen LogP) is 7.06. The van der Waals surface area contributed by atoms with Crippen LogP contribution in [-0.4, -0.2) is 11.9 Å². The summed E-state index contributed by atoms with van der Waals surface area (Å²) in [6, 6.07) is 2.36. The van der Waals surface area contributed by atoms with Gasteiger partial charge in [0.15, 0.2) is 0 Å². The molecule has 0 aliphatic heterocycles. The van der Waals surface area contributed by atoms with Crippen LogP contribution in [0.15, 0.2) is 46.5 Å². The van der Waals surface area contributed by atoms with Crippen LogP contribution in [0.25, 0.3) is 0 Å². The van der Waals surface area contributed by atoms with Gasteiger partial charge in [-0.1, -0.05) is 45.4 Å². The van der Waals surface area contributed by atoms with E-state index < -0.39 is 0 Å². The van der Waals surface area contributed by atoms with Gasteiger partial charge in [-0.05, 0) is 82.9 Å². The fourth-order valence-electron chi connectivity index (χ4n) is 3.59. The van der Waals surface area contributed by atoms with Crippen LogP contribution >= 0.6 is 0 Å². The summed E-state index contributed by atoms with van der Waals surface area (Å²) in [5, 5.41) is 9.83. The third kappa shape index (κ3) is 7.23. The monoisotopic (exact) mass is 385 g/mol. The molecule has 0 aromatic carbocycles. The van der Waals surface area contributed by atoms with Gasteiger partial charge in [-0.15, -0.1) is 0 Å². The lowest BCUT2D eigenvalue weighted by Gasteiger charge is -2.24. The second kappa shape index (κ2) is 13.3. The van der Waals surface area contributed by atoms with Gasteiger partial charge < -0.3 is 10.6 Å². The molecule has 0 radical (unpaired) electrons. The molecule has 0 rings (SSSR count). The standard InChI is InChI=1S/C25H43N3/c1-10-18(5)21(8)22(12-3)16-14-15-20(7)25(28(9)13-4)23(17-26)24(27)19(6)11-2/h13,19,22H,4,10-12,14-16,27H2,1-3,5-9H3/b21-18+,24-23+,25-20+. The van der Waals surface area contributed by atoms with Crippen molar-refractivity contribution in [3.05, 3.63) is 46.5 Å². The molecule has 3 heteroatoms. The number of hydrogen-bond donors (Lipinski definition) is 1. The van der Waals surface area contributed by atoms with Crippen LogP contribution in [0.4, 0.5) is 0 Å². The lowest BCUT2D eigenvalue weighted by atomic mass is 9.87. The predicted molar refractivity (Wildman–Crippen MR) is 123 cm³/mol.